The first-order valence-corrected chi connectivity index (χ1v) is 9.56. The summed E-state index contributed by atoms with van der Waals surface area (Å²) < 4.78 is 11.2. The molecule has 0 aliphatic carbocycles. The molecular weight excluding hydrogens is 395 g/mol. The van der Waals surface area contributed by atoms with Gasteiger partial charge >= 0.3 is 0 Å². The molecule has 28 heavy (non-hydrogen) atoms. The van der Waals surface area contributed by atoms with Crippen molar-refractivity contribution in [2.45, 2.75) is 19.5 Å². The molecule has 5 rings (SSSR count). The highest BCUT2D eigenvalue weighted by Gasteiger charge is 2.46. The molecule has 6 heteroatoms. The summed E-state index contributed by atoms with van der Waals surface area (Å²) in [5.41, 5.74) is 4.16. The lowest BCUT2D eigenvalue weighted by Crippen LogP contribution is -2.29. The number of benzene rings is 2. The molecule has 0 bridgehead atoms. The smallest absolute Gasteiger partial charge is 0.231 e. The van der Waals surface area contributed by atoms with E-state index >= 15 is 0 Å². The first-order chi connectivity index (χ1) is 12.7. The third-order valence-electron chi connectivity index (χ3n) is 6.35. The Morgan fingerprint density at radius 3 is 2.61 bits per heavy atom. The molecule has 0 amide bonds. The van der Waals surface area contributed by atoms with Crippen molar-refractivity contribution in [3.63, 3.8) is 0 Å². The van der Waals surface area contributed by atoms with Gasteiger partial charge < -0.3 is 9.47 Å². The van der Waals surface area contributed by atoms with E-state index in [2.05, 4.69) is 60.2 Å². The number of aryl methyl sites for hydroxylation is 1. The van der Waals surface area contributed by atoms with E-state index in [1.165, 1.54) is 29.8 Å². The van der Waals surface area contributed by atoms with Crippen LogP contribution in [0.3, 0.4) is 0 Å². The van der Waals surface area contributed by atoms with Crippen molar-refractivity contribution in [3.05, 3.63) is 59.2 Å². The van der Waals surface area contributed by atoms with Gasteiger partial charge in [0.1, 0.15) is 0 Å². The summed E-state index contributed by atoms with van der Waals surface area (Å²) in [5.74, 6) is 3.28. The minimum atomic E-state index is 0. The van der Waals surface area contributed by atoms with Crippen molar-refractivity contribution in [2.24, 2.45) is 11.8 Å². The molecule has 0 aromatic heterocycles. The molecule has 2 aromatic rings. The van der Waals surface area contributed by atoms with Crippen LogP contribution in [-0.4, -0.2) is 43.3 Å². The third kappa shape index (κ3) is 3.59. The van der Waals surface area contributed by atoms with E-state index in [1.807, 2.05) is 6.07 Å². The van der Waals surface area contributed by atoms with E-state index in [0.717, 1.165) is 30.5 Å². The predicted octanol–water partition coefficient (Wildman–Crippen LogP) is 4.30. The van der Waals surface area contributed by atoms with E-state index in [4.69, 9.17) is 9.47 Å². The highest BCUT2D eigenvalue weighted by atomic mass is 35.5. The fourth-order valence-corrected chi connectivity index (χ4v) is 5.22. The van der Waals surface area contributed by atoms with Crippen LogP contribution in [-0.2, 0) is 6.54 Å². The quantitative estimate of drug-likeness (QED) is 0.735. The van der Waals surface area contributed by atoms with E-state index in [9.17, 15) is 0 Å². The molecule has 0 unspecified atom stereocenters. The molecule has 2 fully saturated rings. The van der Waals surface area contributed by atoms with Crippen LogP contribution in [0.1, 0.15) is 22.7 Å². The van der Waals surface area contributed by atoms with Gasteiger partial charge in [0.15, 0.2) is 11.5 Å². The lowest BCUT2D eigenvalue weighted by atomic mass is 9.88. The minimum Gasteiger partial charge on any atom is -0.454 e. The maximum absolute atomic E-state index is 5.70. The normalized spacial score (nSPS) is 25.9. The lowest BCUT2D eigenvalue weighted by molar-refractivity contribution is 0.171. The Labute approximate surface area is 179 Å². The summed E-state index contributed by atoms with van der Waals surface area (Å²) in [4.78, 5) is 5.16. The lowest BCUT2D eigenvalue weighted by Gasteiger charge is -2.28. The summed E-state index contributed by atoms with van der Waals surface area (Å²) in [6.45, 7) is 7.04. The summed E-state index contributed by atoms with van der Waals surface area (Å²) in [7, 11) is 2.29. The van der Waals surface area contributed by atoms with Gasteiger partial charge in [-0.15, -0.1) is 24.8 Å². The molecule has 0 spiro atoms. The molecule has 0 N–H and O–H groups in total. The van der Waals surface area contributed by atoms with Gasteiger partial charge in [0.25, 0.3) is 0 Å². The van der Waals surface area contributed by atoms with Crippen molar-refractivity contribution < 1.29 is 9.47 Å². The number of ether oxygens (including phenoxy) is 2. The molecule has 2 aromatic carbocycles. The Kier molecular flexibility index (Phi) is 6.45. The molecule has 0 radical (unpaired) electrons. The number of likely N-dealkylation sites (tertiary alicyclic amines) is 2. The fourth-order valence-electron chi connectivity index (χ4n) is 5.22. The second-order valence-electron chi connectivity index (χ2n) is 8.01. The first-order valence-electron chi connectivity index (χ1n) is 9.56. The van der Waals surface area contributed by atoms with Gasteiger partial charge in [0.2, 0.25) is 6.79 Å². The Hall–Kier alpha value is -1.46. The average molecular weight is 423 g/mol. The Bertz CT molecular complexity index is 832. The topological polar surface area (TPSA) is 24.9 Å². The monoisotopic (exact) mass is 422 g/mol. The number of fused-ring (bicyclic) bond motifs is 2. The molecule has 2 saturated heterocycles. The standard InChI is InChI=1S/C22H26N2O2.2ClH/c1-15-6-3-4-8-18(15)21-19-13-24(12-17(19)10-23(21)2)11-16-7-5-9-20-22(16)26-14-25-20;;/h3-9,17,19,21H,10-14H2,1-2H3;2*1H/t17-,19+,21+;;/m0../s1. The van der Waals surface area contributed by atoms with Crippen molar-refractivity contribution in [2.75, 3.05) is 33.5 Å². The molecular formula is C22H28Cl2N2O2. The molecule has 3 aliphatic heterocycles. The second-order valence-corrected chi connectivity index (χ2v) is 8.01. The summed E-state index contributed by atoms with van der Waals surface area (Å²) >= 11 is 0. The Balaban J connectivity index is 0.00000112. The van der Waals surface area contributed by atoms with Crippen LogP contribution in [0.5, 0.6) is 11.5 Å². The first kappa shape index (κ1) is 21.3. The maximum Gasteiger partial charge on any atom is 0.231 e. The van der Waals surface area contributed by atoms with E-state index in [0.29, 0.717) is 18.8 Å². The van der Waals surface area contributed by atoms with Crippen LogP contribution in [0.25, 0.3) is 0 Å². The van der Waals surface area contributed by atoms with Gasteiger partial charge in [-0.25, -0.2) is 0 Å². The second kappa shape index (κ2) is 8.50. The van der Waals surface area contributed by atoms with Crippen LogP contribution in [0.2, 0.25) is 0 Å². The molecule has 3 aliphatic rings. The van der Waals surface area contributed by atoms with Crippen molar-refractivity contribution in [1.29, 1.82) is 0 Å². The van der Waals surface area contributed by atoms with E-state index < -0.39 is 0 Å². The average Bonchev–Trinajstić information content (AvgIpc) is 3.31. The number of hydrogen-bond acceptors (Lipinski definition) is 4. The maximum atomic E-state index is 5.70. The van der Waals surface area contributed by atoms with Gasteiger partial charge in [-0.1, -0.05) is 36.4 Å². The fraction of sp³-hybridized carbons (Fsp3) is 0.455. The Morgan fingerprint density at radius 1 is 0.964 bits per heavy atom. The predicted molar refractivity (Wildman–Crippen MR) is 116 cm³/mol. The molecule has 152 valence electrons. The summed E-state index contributed by atoms with van der Waals surface area (Å²) in [5, 5.41) is 0. The number of para-hydroxylation sites is 1. The van der Waals surface area contributed by atoms with Crippen LogP contribution in [0, 0.1) is 18.8 Å². The van der Waals surface area contributed by atoms with Crippen LogP contribution < -0.4 is 9.47 Å². The van der Waals surface area contributed by atoms with Gasteiger partial charge in [0.05, 0.1) is 0 Å². The van der Waals surface area contributed by atoms with Crippen molar-refractivity contribution in [1.82, 2.24) is 9.80 Å². The molecule has 4 nitrogen and oxygen atoms in total. The number of nitrogens with zero attached hydrogens (tertiary/aromatic N) is 2. The number of rotatable bonds is 3. The molecule has 0 saturated carbocycles. The summed E-state index contributed by atoms with van der Waals surface area (Å²) in [6.07, 6.45) is 0. The number of hydrogen-bond donors (Lipinski definition) is 0. The minimum absolute atomic E-state index is 0. The largest absolute Gasteiger partial charge is 0.454 e. The zero-order chi connectivity index (χ0) is 17.7. The van der Waals surface area contributed by atoms with Crippen LogP contribution in [0.4, 0.5) is 0 Å². The van der Waals surface area contributed by atoms with E-state index in [1.54, 1.807) is 0 Å². The van der Waals surface area contributed by atoms with Gasteiger partial charge in [-0.05, 0) is 43.0 Å². The van der Waals surface area contributed by atoms with Crippen LogP contribution in [0.15, 0.2) is 42.5 Å². The zero-order valence-electron chi connectivity index (χ0n) is 16.3. The van der Waals surface area contributed by atoms with E-state index in [-0.39, 0.29) is 24.8 Å². The third-order valence-corrected chi connectivity index (χ3v) is 6.35. The van der Waals surface area contributed by atoms with Crippen molar-refractivity contribution >= 4 is 24.8 Å². The zero-order valence-corrected chi connectivity index (χ0v) is 18.0. The van der Waals surface area contributed by atoms with Gasteiger partial charge in [0, 0.05) is 37.8 Å². The van der Waals surface area contributed by atoms with Gasteiger partial charge in [-0.2, -0.15) is 0 Å². The SMILES string of the molecule is Cc1ccccc1[C@@H]1[C@@H]2CN(Cc3cccc4c3OCO4)C[C@@H]2CN1C.Cl.Cl. The highest BCUT2D eigenvalue weighted by molar-refractivity contribution is 5.85. The highest BCUT2D eigenvalue weighted by Crippen LogP contribution is 2.45. The number of halogens is 2. The van der Waals surface area contributed by atoms with Crippen molar-refractivity contribution in [3.8, 4) is 11.5 Å². The van der Waals surface area contributed by atoms with Crippen LogP contribution >= 0.6 is 24.8 Å². The molecule has 3 atom stereocenters. The summed E-state index contributed by atoms with van der Waals surface area (Å²) in [6, 6.07) is 15.7. The Morgan fingerprint density at radius 2 is 1.79 bits per heavy atom. The van der Waals surface area contributed by atoms with Gasteiger partial charge in [-0.3, -0.25) is 9.80 Å². The molecule has 3 heterocycles.